The first kappa shape index (κ1) is 13.3. The molecule has 0 saturated heterocycles. The molecule has 20 heavy (non-hydrogen) atoms. The van der Waals surface area contributed by atoms with E-state index in [9.17, 15) is 0 Å². The summed E-state index contributed by atoms with van der Waals surface area (Å²) < 4.78 is 1.13. The van der Waals surface area contributed by atoms with E-state index in [2.05, 4.69) is 25.3 Å². The number of anilines is 1. The second-order valence-electron chi connectivity index (χ2n) is 4.02. The summed E-state index contributed by atoms with van der Waals surface area (Å²) in [7, 11) is 0. The Balaban J connectivity index is 1.47. The molecule has 3 heterocycles. The van der Waals surface area contributed by atoms with Crippen LogP contribution in [0.15, 0.2) is 40.4 Å². The summed E-state index contributed by atoms with van der Waals surface area (Å²) in [4.78, 5) is 17.1. The van der Waals surface area contributed by atoms with E-state index >= 15 is 0 Å². The second-order valence-corrected chi connectivity index (χ2v) is 6.26. The van der Waals surface area contributed by atoms with Crippen LogP contribution in [0.1, 0.15) is 6.42 Å². The highest BCUT2D eigenvalue weighted by atomic mass is 32.2. The molecule has 0 spiro atoms. The first-order valence-electron chi connectivity index (χ1n) is 6.26. The van der Waals surface area contributed by atoms with Crippen LogP contribution in [0.2, 0.25) is 0 Å². The third-order valence-electron chi connectivity index (χ3n) is 2.59. The predicted octanol–water partition coefficient (Wildman–Crippen LogP) is 3.08. The average molecular weight is 303 g/mol. The summed E-state index contributed by atoms with van der Waals surface area (Å²) in [5.41, 5.74) is 1.49. The maximum absolute atomic E-state index is 4.42. The minimum absolute atomic E-state index is 0.676. The topological polar surface area (TPSA) is 63.6 Å². The van der Waals surface area contributed by atoms with Crippen LogP contribution >= 0.6 is 23.1 Å². The lowest BCUT2D eigenvalue weighted by Crippen LogP contribution is -2.04. The number of nitrogens with one attached hydrogen (secondary N) is 1. The zero-order valence-electron chi connectivity index (χ0n) is 10.7. The monoisotopic (exact) mass is 303 g/mol. The minimum atomic E-state index is 0.676. The molecule has 102 valence electrons. The Kier molecular flexibility index (Phi) is 4.39. The van der Waals surface area contributed by atoms with Gasteiger partial charge < -0.3 is 5.32 Å². The standard InChI is InChI=1S/C13H13N5S2/c1(8-19-13-17-7-9-20-13)4-15-11-3-2-10-12(18-11)16-6-5-14-10/h2-3,5-7,9H,1,4,8H2,(H,15,16,18). The molecule has 0 aliphatic rings. The molecule has 3 rings (SSSR count). The van der Waals surface area contributed by atoms with E-state index < -0.39 is 0 Å². The molecule has 0 aromatic carbocycles. The number of aromatic nitrogens is 4. The van der Waals surface area contributed by atoms with Crippen LogP contribution in [0.3, 0.4) is 0 Å². The van der Waals surface area contributed by atoms with E-state index in [1.54, 1.807) is 35.5 Å². The van der Waals surface area contributed by atoms with E-state index in [-0.39, 0.29) is 0 Å². The van der Waals surface area contributed by atoms with Crippen molar-refractivity contribution < 1.29 is 0 Å². The van der Waals surface area contributed by atoms with Crippen molar-refractivity contribution in [1.82, 2.24) is 19.9 Å². The van der Waals surface area contributed by atoms with Gasteiger partial charge in [-0.3, -0.25) is 4.98 Å². The van der Waals surface area contributed by atoms with E-state index in [0.717, 1.165) is 34.4 Å². The molecule has 3 aromatic heterocycles. The molecule has 0 aliphatic heterocycles. The quantitative estimate of drug-likeness (QED) is 0.558. The van der Waals surface area contributed by atoms with Gasteiger partial charge >= 0.3 is 0 Å². The Bertz CT molecular complexity index is 671. The predicted molar refractivity (Wildman–Crippen MR) is 83.3 cm³/mol. The zero-order chi connectivity index (χ0) is 13.6. The summed E-state index contributed by atoms with van der Waals surface area (Å²) in [5.74, 6) is 1.89. The normalized spacial score (nSPS) is 10.8. The van der Waals surface area contributed by atoms with Gasteiger partial charge in [0.2, 0.25) is 0 Å². The molecule has 0 saturated carbocycles. The molecule has 0 unspecified atom stereocenters. The summed E-state index contributed by atoms with van der Waals surface area (Å²) in [6, 6.07) is 3.87. The molecule has 0 amide bonds. The van der Waals surface area contributed by atoms with E-state index in [1.807, 2.05) is 23.7 Å². The molecule has 5 nitrogen and oxygen atoms in total. The minimum Gasteiger partial charge on any atom is -0.370 e. The van der Waals surface area contributed by atoms with Gasteiger partial charge in [0.1, 0.15) is 15.7 Å². The van der Waals surface area contributed by atoms with Crippen LogP contribution in [0.5, 0.6) is 0 Å². The van der Waals surface area contributed by atoms with Gasteiger partial charge in [0.25, 0.3) is 0 Å². The Labute approximate surface area is 124 Å². The van der Waals surface area contributed by atoms with Gasteiger partial charge in [-0.1, -0.05) is 11.8 Å². The smallest absolute Gasteiger partial charge is 0.180 e. The largest absolute Gasteiger partial charge is 0.370 e. The average Bonchev–Trinajstić information content (AvgIpc) is 3.00. The van der Waals surface area contributed by atoms with Crippen molar-refractivity contribution in [3.05, 3.63) is 36.1 Å². The fourth-order valence-corrected chi connectivity index (χ4v) is 3.33. The molecular formula is C13H13N5S2. The van der Waals surface area contributed by atoms with Crippen molar-refractivity contribution >= 4 is 40.1 Å². The first-order chi connectivity index (χ1) is 9.92. The van der Waals surface area contributed by atoms with Crippen LogP contribution in [0, 0.1) is 0 Å². The van der Waals surface area contributed by atoms with Gasteiger partial charge in [-0.2, -0.15) is 0 Å². The van der Waals surface area contributed by atoms with Gasteiger partial charge in [0.05, 0.1) is 0 Å². The van der Waals surface area contributed by atoms with Gasteiger partial charge in [0, 0.05) is 36.3 Å². The van der Waals surface area contributed by atoms with Crippen LogP contribution in [0.25, 0.3) is 11.2 Å². The van der Waals surface area contributed by atoms with Crippen molar-refractivity contribution in [2.75, 3.05) is 17.6 Å². The number of thioether (sulfide) groups is 1. The Morgan fingerprint density at radius 3 is 2.95 bits per heavy atom. The lowest BCUT2D eigenvalue weighted by molar-refractivity contribution is 0.980. The molecule has 7 heteroatoms. The molecule has 0 aliphatic carbocycles. The SMILES string of the molecule is c1csc(SCCCNc2ccc3nccnc3n2)n1. The van der Waals surface area contributed by atoms with E-state index in [1.165, 1.54) is 0 Å². The molecule has 0 atom stereocenters. The van der Waals surface area contributed by atoms with Crippen molar-refractivity contribution in [3.63, 3.8) is 0 Å². The van der Waals surface area contributed by atoms with Crippen molar-refractivity contribution in [3.8, 4) is 0 Å². The summed E-state index contributed by atoms with van der Waals surface area (Å²) in [6.45, 7) is 0.886. The number of hydrogen-bond donors (Lipinski definition) is 1. The molecule has 0 bridgehead atoms. The maximum Gasteiger partial charge on any atom is 0.180 e. The van der Waals surface area contributed by atoms with Gasteiger partial charge in [0.15, 0.2) is 5.65 Å². The highest BCUT2D eigenvalue weighted by molar-refractivity contribution is 8.00. The van der Waals surface area contributed by atoms with Crippen LogP contribution < -0.4 is 5.32 Å². The van der Waals surface area contributed by atoms with Gasteiger partial charge in [-0.05, 0) is 18.6 Å². The highest BCUT2D eigenvalue weighted by Crippen LogP contribution is 2.20. The third-order valence-corrected chi connectivity index (χ3v) is 4.65. The van der Waals surface area contributed by atoms with Crippen molar-refractivity contribution in [2.45, 2.75) is 10.8 Å². The number of nitrogens with zero attached hydrogens (tertiary/aromatic N) is 4. The summed E-state index contributed by atoms with van der Waals surface area (Å²) in [5, 5.41) is 5.31. The molecule has 0 radical (unpaired) electrons. The number of thiazole rings is 1. The summed E-state index contributed by atoms with van der Waals surface area (Å²) in [6.07, 6.45) is 6.23. The van der Waals surface area contributed by atoms with Crippen LogP contribution in [-0.2, 0) is 0 Å². The Morgan fingerprint density at radius 1 is 1.10 bits per heavy atom. The third kappa shape index (κ3) is 3.43. The number of rotatable bonds is 6. The fraction of sp³-hybridized carbons (Fsp3) is 0.231. The van der Waals surface area contributed by atoms with Gasteiger partial charge in [-0.15, -0.1) is 11.3 Å². The first-order valence-corrected chi connectivity index (χ1v) is 8.12. The van der Waals surface area contributed by atoms with E-state index in [0.29, 0.717) is 5.65 Å². The summed E-state index contributed by atoms with van der Waals surface area (Å²) >= 11 is 3.47. The maximum atomic E-state index is 4.42. The number of hydrogen-bond acceptors (Lipinski definition) is 7. The zero-order valence-corrected chi connectivity index (χ0v) is 12.3. The molecule has 0 fully saturated rings. The van der Waals surface area contributed by atoms with Crippen molar-refractivity contribution in [2.24, 2.45) is 0 Å². The van der Waals surface area contributed by atoms with E-state index in [4.69, 9.17) is 0 Å². The molecule has 1 N–H and O–H groups in total. The lowest BCUT2D eigenvalue weighted by Gasteiger charge is -2.05. The van der Waals surface area contributed by atoms with Crippen LogP contribution in [0.4, 0.5) is 5.82 Å². The number of fused-ring (bicyclic) bond motifs is 1. The van der Waals surface area contributed by atoms with Crippen LogP contribution in [-0.4, -0.2) is 32.2 Å². The van der Waals surface area contributed by atoms with Gasteiger partial charge in [-0.25, -0.2) is 15.0 Å². The number of pyridine rings is 1. The Morgan fingerprint density at radius 2 is 2.05 bits per heavy atom. The Hall–Kier alpha value is -1.73. The lowest BCUT2D eigenvalue weighted by atomic mass is 10.4. The van der Waals surface area contributed by atoms with Crippen molar-refractivity contribution in [1.29, 1.82) is 0 Å². The highest BCUT2D eigenvalue weighted by Gasteiger charge is 2.00. The fourth-order valence-electron chi connectivity index (χ4n) is 1.68. The molecule has 3 aromatic rings. The second kappa shape index (κ2) is 6.62. The molecular weight excluding hydrogens is 290 g/mol.